The molecule has 5 rings (SSSR count). The summed E-state index contributed by atoms with van der Waals surface area (Å²) >= 11 is 0. The summed E-state index contributed by atoms with van der Waals surface area (Å²) in [6.45, 7) is 3.21. The molecule has 2 bridgehead atoms. The average Bonchev–Trinajstić information content (AvgIpc) is 3.39. The lowest BCUT2D eigenvalue weighted by Gasteiger charge is -2.40. The van der Waals surface area contributed by atoms with Gasteiger partial charge in [-0.15, -0.1) is 12.4 Å². The van der Waals surface area contributed by atoms with Crippen LogP contribution in [-0.4, -0.2) is 69.7 Å². The van der Waals surface area contributed by atoms with E-state index in [9.17, 15) is 9.59 Å². The highest BCUT2D eigenvalue weighted by Crippen LogP contribution is 2.26. The molecule has 3 unspecified atom stereocenters. The Morgan fingerprint density at radius 1 is 1.03 bits per heavy atom. The van der Waals surface area contributed by atoms with E-state index < -0.39 is 0 Å². The number of aromatic nitrogens is 2. The topological polar surface area (TPSA) is 70.5 Å². The molecule has 2 aromatic carbocycles. The third kappa shape index (κ3) is 4.29. The van der Waals surface area contributed by atoms with E-state index in [1.54, 1.807) is 10.9 Å². The van der Waals surface area contributed by atoms with Crippen LogP contribution in [0.15, 0.2) is 60.8 Å². The molecule has 2 aliphatic rings. The molecule has 31 heavy (non-hydrogen) atoms. The van der Waals surface area contributed by atoms with Gasteiger partial charge in [-0.1, -0.05) is 36.4 Å². The number of nitrogens with zero attached hydrogens (tertiary/aromatic N) is 4. The van der Waals surface area contributed by atoms with Gasteiger partial charge in [0, 0.05) is 49.2 Å². The van der Waals surface area contributed by atoms with E-state index in [4.69, 9.17) is 0 Å². The fourth-order valence-corrected chi connectivity index (χ4v) is 4.61. The molecular weight excluding hydrogens is 414 g/mol. The zero-order valence-corrected chi connectivity index (χ0v) is 18.0. The first-order valence-electron chi connectivity index (χ1n) is 10.5. The molecule has 0 spiro atoms. The summed E-state index contributed by atoms with van der Waals surface area (Å²) in [5.41, 5.74) is 1.68. The molecule has 3 heterocycles. The normalized spacial score (nSPS) is 22.2. The van der Waals surface area contributed by atoms with Crippen LogP contribution in [0.2, 0.25) is 0 Å². The lowest BCUT2D eigenvalue weighted by Crippen LogP contribution is -2.57. The van der Waals surface area contributed by atoms with Crippen LogP contribution in [0.25, 0.3) is 10.9 Å². The lowest BCUT2D eigenvalue weighted by molar-refractivity contribution is -0.122. The summed E-state index contributed by atoms with van der Waals surface area (Å²) in [5.74, 6) is 0.0209. The molecule has 1 N–H and O–H groups in total. The number of amides is 2. The number of benzene rings is 2. The zero-order chi connectivity index (χ0) is 20.5. The van der Waals surface area contributed by atoms with Gasteiger partial charge in [0.05, 0.1) is 11.7 Å². The van der Waals surface area contributed by atoms with Gasteiger partial charge in [-0.3, -0.25) is 19.2 Å². The molecule has 0 saturated carbocycles. The Kier molecular flexibility index (Phi) is 6.25. The van der Waals surface area contributed by atoms with Gasteiger partial charge >= 0.3 is 0 Å². The number of hydrogen-bond acceptors (Lipinski definition) is 4. The Bertz CT molecular complexity index is 1070. The molecule has 2 fully saturated rings. The number of fused-ring (bicyclic) bond motifs is 3. The molecule has 3 atom stereocenters. The molecule has 8 heteroatoms. The summed E-state index contributed by atoms with van der Waals surface area (Å²) in [4.78, 5) is 30.0. The highest BCUT2D eigenvalue weighted by atomic mass is 35.5. The van der Waals surface area contributed by atoms with Crippen LogP contribution in [0.3, 0.4) is 0 Å². The standard InChI is InChI=1S/C23H25N5O2.ClH/c29-22(16-28-21-9-5-4-8-18(21)12-25-28)24-13-20-15-27(19-10-11-26(20)14-19)23(30)17-6-2-1-3-7-17;/h1-9,12,19-20H,10-11,13-16H2,(H,24,29);1H. The van der Waals surface area contributed by atoms with Crippen molar-refractivity contribution in [1.29, 1.82) is 0 Å². The van der Waals surface area contributed by atoms with Crippen LogP contribution in [0.4, 0.5) is 0 Å². The Morgan fingerprint density at radius 3 is 2.65 bits per heavy atom. The van der Waals surface area contributed by atoms with Crippen LogP contribution in [0.1, 0.15) is 16.8 Å². The smallest absolute Gasteiger partial charge is 0.254 e. The van der Waals surface area contributed by atoms with Crippen molar-refractivity contribution in [2.75, 3.05) is 26.2 Å². The van der Waals surface area contributed by atoms with Crippen LogP contribution in [0.5, 0.6) is 0 Å². The molecule has 162 valence electrons. The predicted molar refractivity (Wildman–Crippen MR) is 121 cm³/mol. The monoisotopic (exact) mass is 439 g/mol. The average molecular weight is 440 g/mol. The summed E-state index contributed by atoms with van der Waals surface area (Å²) in [6, 6.07) is 17.7. The Morgan fingerprint density at radius 2 is 1.81 bits per heavy atom. The van der Waals surface area contributed by atoms with Gasteiger partial charge in [0.2, 0.25) is 5.91 Å². The minimum atomic E-state index is -0.0638. The number of halogens is 1. The quantitative estimate of drug-likeness (QED) is 0.661. The van der Waals surface area contributed by atoms with E-state index in [0.29, 0.717) is 13.1 Å². The van der Waals surface area contributed by atoms with Gasteiger partial charge in [-0.25, -0.2) is 0 Å². The van der Waals surface area contributed by atoms with E-state index in [-0.39, 0.29) is 42.8 Å². The van der Waals surface area contributed by atoms with Crippen molar-refractivity contribution in [2.45, 2.75) is 25.0 Å². The second kappa shape index (κ2) is 9.08. The van der Waals surface area contributed by atoms with Crippen molar-refractivity contribution in [1.82, 2.24) is 24.9 Å². The molecule has 2 aliphatic heterocycles. The van der Waals surface area contributed by atoms with Crippen LogP contribution in [0, 0.1) is 0 Å². The molecule has 7 nitrogen and oxygen atoms in total. The van der Waals surface area contributed by atoms with Gasteiger partial charge in [0.15, 0.2) is 0 Å². The molecule has 1 aromatic heterocycles. The summed E-state index contributed by atoms with van der Waals surface area (Å²) < 4.78 is 1.72. The first kappa shape index (κ1) is 21.3. The Balaban J connectivity index is 0.00000231. The fourth-order valence-electron chi connectivity index (χ4n) is 4.61. The van der Waals surface area contributed by atoms with E-state index in [0.717, 1.165) is 36.0 Å². The van der Waals surface area contributed by atoms with Gasteiger partial charge in [0.25, 0.3) is 5.91 Å². The number of carbonyl (C=O) groups is 2. The van der Waals surface area contributed by atoms with E-state index >= 15 is 0 Å². The van der Waals surface area contributed by atoms with Crippen molar-refractivity contribution >= 4 is 35.1 Å². The number of hydrogen-bond donors (Lipinski definition) is 1. The first-order chi connectivity index (χ1) is 14.7. The largest absolute Gasteiger partial charge is 0.353 e. The molecule has 2 amide bonds. The summed E-state index contributed by atoms with van der Waals surface area (Å²) in [6.07, 6.45) is 2.77. The predicted octanol–water partition coefficient (Wildman–Crippen LogP) is 2.17. The summed E-state index contributed by atoms with van der Waals surface area (Å²) in [5, 5.41) is 8.41. The van der Waals surface area contributed by atoms with Gasteiger partial charge < -0.3 is 10.2 Å². The van der Waals surface area contributed by atoms with Crippen LogP contribution in [-0.2, 0) is 11.3 Å². The number of carbonyl (C=O) groups excluding carboxylic acids is 2. The molecule has 3 aromatic rings. The SMILES string of the molecule is Cl.O=C(Cn1ncc2ccccc21)NCC1CN(C(=O)c2ccccc2)C2CCN1C2. The molecule has 0 aliphatic carbocycles. The highest BCUT2D eigenvalue weighted by molar-refractivity contribution is 5.94. The molecule has 0 radical (unpaired) electrons. The van der Waals surface area contributed by atoms with Crippen molar-refractivity contribution in [3.63, 3.8) is 0 Å². The van der Waals surface area contributed by atoms with Gasteiger partial charge in [-0.05, 0) is 24.6 Å². The van der Waals surface area contributed by atoms with Crippen molar-refractivity contribution in [2.24, 2.45) is 0 Å². The summed E-state index contributed by atoms with van der Waals surface area (Å²) in [7, 11) is 0. The second-order valence-corrected chi connectivity index (χ2v) is 8.08. The number of piperazine rings is 1. The van der Waals surface area contributed by atoms with Crippen LogP contribution >= 0.6 is 12.4 Å². The van der Waals surface area contributed by atoms with E-state index in [2.05, 4.69) is 15.3 Å². The minimum Gasteiger partial charge on any atom is -0.353 e. The van der Waals surface area contributed by atoms with Crippen LogP contribution < -0.4 is 5.32 Å². The highest BCUT2D eigenvalue weighted by Gasteiger charge is 2.40. The third-order valence-electron chi connectivity index (χ3n) is 6.22. The number of rotatable bonds is 5. The van der Waals surface area contributed by atoms with Gasteiger partial charge in [0.1, 0.15) is 6.54 Å². The third-order valence-corrected chi connectivity index (χ3v) is 6.22. The zero-order valence-electron chi connectivity index (χ0n) is 17.2. The number of para-hydroxylation sites is 1. The maximum Gasteiger partial charge on any atom is 0.254 e. The van der Waals surface area contributed by atoms with Gasteiger partial charge in [-0.2, -0.15) is 5.10 Å². The Labute approximate surface area is 187 Å². The molecule has 2 saturated heterocycles. The van der Waals surface area contributed by atoms with Crippen molar-refractivity contribution in [3.05, 3.63) is 66.4 Å². The van der Waals surface area contributed by atoms with Crippen molar-refractivity contribution < 1.29 is 9.59 Å². The van der Waals surface area contributed by atoms with E-state index in [1.807, 2.05) is 59.5 Å². The number of nitrogens with one attached hydrogen (secondary N) is 1. The fraction of sp³-hybridized carbons (Fsp3) is 0.348. The lowest BCUT2D eigenvalue weighted by atomic mass is 10.1. The maximum atomic E-state index is 13.0. The minimum absolute atomic E-state index is 0. The Hall–Kier alpha value is -2.90. The maximum absolute atomic E-state index is 13.0. The first-order valence-corrected chi connectivity index (χ1v) is 10.5. The second-order valence-electron chi connectivity index (χ2n) is 8.08. The van der Waals surface area contributed by atoms with E-state index in [1.165, 1.54) is 0 Å². The molecular formula is C23H26ClN5O2. The van der Waals surface area contributed by atoms with Crippen molar-refractivity contribution in [3.8, 4) is 0 Å².